The smallest absolute Gasteiger partial charge is 0.305 e. The first-order chi connectivity index (χ1) is 5.31. The number of esters is 1. The van der Waals surface area contributed by atoms with Gasteiger partial charge in [-0.15, -0.1) is 0 Å². The number of carbonyl (C=O) groups excluding carboxylic acids is 1. The Labute approximate surface area is 79.7 Å². The molecule has 0 aliphatic heterocycles. The van der Waals surface area contributed by atoms with Crippen LogP contribution in [0.25, 0.3) is 0 Å². The van der Waals surface area contributed by atoms with E-state index in [2.05, 4.69) is 11.7 Å². The zero-order valence-electron chi connectivity index (χ0n) is 7.56. The minimum absolute atomic E-state index is 0. The van der Waals surface area contributed by atoms with E-state index in [4.69, 9.17) is 0 Å². The van der Waals surface area contributed by atoms with E-state index in [-0.39, 0.29) is 16.9 Å². The monoisotopic (exact) mass is 190 g/mol. The van der Waals surface area contributed by atoms with Crippen LogP contribution in [0.1, 0.15) is 45.4 Å². The van der Waals surface area contributed by atoms with Crippen molar-refractivity contribution in [3.05, 3.63) is 0 Å². The largest absolute Gasteiger partial charge is 0.469 e. The highest BCUT2D eigenvalue weighted by molar-refractivity contribution is 5.75. The molecular formula is C9H22O2Si. The van der Waals surface area contributed by atoms with Gasteiger partial charge in [0, 0.05) is 6.42 Å². The second-order valence-electron chi connectivity index (χ2n) is 2.74. The summed E-state index contributed by atoms with van der Waals surface area (Å²) in [6, 6.07) is 0. The van der Waals surface area contributed by atoms with Crippen molar-refractivity contribution in [2.45, 2.75) is 45.4 Å². The van der Waals surface area contributed by atoms with Crippen LogP contribution in [-0.2, 0) is 9.53 Å². The average molecular weight is 190 g/mol. The standard InChI is InChI=1S/C9H18O2.H4Si/c1-3-4-5-6-7-8-9(10)11-2;/h3-8H2,1-2H3;1H4. The Hall–Kier alpha value is -0.313. The normalized spacial score (nSPS) is 8.83. The summed E-state index contributed by atoms with van der Waals surface area (Å²) in [7, 11) is 1.44. The lowest BCUT2D eigenvalue weighted by molar-refractivity contribution is -0.140. The molecule has 0 atom stereocenters. The van der Waals surface area contributed by atoms with Crippen molar-refractivity contribution in [1.29, 1.82) is 0 Å². The van der Waals surface area contributed by atoms with Gasteiger partial charge in [-0.2, -0.15) is 0 Å². The minimum atomic E-state index is -0.0819. The fourth-order valence-electron chi connectivity index (χ4n) is 0.975. The number of hydrogen-bond donors (Lipinski definition) is 0. The van der Waals surface area contributed by atoms with E-state index in [9.17, 15) is 4.79 Å². The van der Waals surface area contributed by atoms with E-state index in [1.54, 1.807) is 0 Å². The van der Waals surface area contributed by atoms with Crippen molar-refractivity contribution in [2.24, 2.45) is 0 Å². The first kappa shape index (κ1) is 14.2. The first-order valence-corrected chi connectivity index (χ1v) is 4.38. The summed E-state index contributed by atoms with van der Waals surface area (Å²) in [4.78, 5) is 10.6. The van der Waals surface area contributed by atoms with Crippen LogP contribution in [0.4, 0.5) is 0 Å². The molecule has 0 radical (unpaired) electrons. The van der Waals surface area contributed by atoms with Crippen molar-refractivity contribution in [3.8, 4) is 0 Å². The third-order valence-electron chi connectivity index (χ3n) is 1.71. The molecule has 0 aliphatic carbocycles. The lowest BCUT2D eigenvalue weighted by Gasteiger charge is -1.98. The molecule has 0 aliphatic rings. The van der Waals surface area contributed by atoms with E-state index in [1.165, 1.54) is 26.4 Å². The first-order valence-electron chi connectivity index (χ1n) is 4.38. The third-order valence-corrected chi connectivity index (χ3v) is 1.71. The number of rotatable bonds is 6. The number of hydrogen-bond acceptors (Lipinski definition) is 2. The van der Waals surface area contributed by atoms with Gasteiger partial charge in [-0.3, -0.25) is 4.79 Å². The highest BCUT2D eigenvalue weighted by atomic mass is 28.1. The van der Waals surface area contributed by atoms with Crippen molar-refractivity contribution < 1.29 is 9.53 Å². The van der Waals surface area contributed by atoms with E-state index < -0.39 is 0 Å². The maximum absolute atomic E-state index is 10.6. The van der Waals surface area contributed by atoms with Gasteiger partial charge in [0.15, 0.2) is 0 Å². The van der Waals surface area contributed by atoms with E-state index in [0.29, 0.717) is 6.42 Å². The molecule has 0 aromatic heterocycles. The summed E-state index contributed by atoms with van der Waals surface area (Å²) in [5, 5.41) is 0. The van der Waals surface area contributed by atoms with Gasteiger partial charge in [0.1, 0.15) is 0 Å². The van der Waals surface area contributed by atoms with Crippen LogP contribution < -0.4 is 0 Å². The molecule has 0 fully saturated rings. The third kappa shape index (κ3) is 9.69. The van der Waals surface area contributed by atoms with Crippen molar-refractivity contribution in [1.82, 2.24) is 0 Å². The highest BCUT2D eigenvalue weighted by Crippen LogP contribution is 2.04. The molecule has 0 saturated heterocycles. The predicted molar refractivity (Wildman–Crippen MR) is 56.7 cm³/mol. The van der Waals surface area contributed by atoms with Crippen LogP contribution in [0, 0.1) is 0 Å². The predicted octanol–water partition coefficient (Wildman–Crippen LogP) is 1.07. The highest BCUT2D eigenvalue weighted by Gasteiger charge is 1.97. The van der Waals surface area contributed by atoms with Crippen molar-refractivity contribution in [3.63, 3.8) is 0 Å². The summed E-state index contributed by atoms with van der Waals surface area (Å²) in [5.41, 5.74) is 0. The second kappa shape index (κ2) is 10.7. The molecule has 0 rings (SSSR count). The van der Waals surface area contributed by atoms with Crippen LogP contribution in [-0.4, -0.2) is 24.0 Å². The fraction of sp³-hybridized carbons (Fsp3) is 0.889. The molecule has 0 aromatic carbocycles. The molecular weight excluding hydrogens is 168 g/mol. The molecule has 0 bridgehead atoms. The molecule has 74 valence electrons. The Balaban J connectivity index is 0. The van der Waals surface area contributed by atoms with Gasteiger partial charge in [-0.1, -0.05) is 32.6 Å². The molecule has 0 amide bonds. The molecule has 0 N–H and O–H groups in total. The van der Waals surface area contributed by atoms with E-state index in [1.807, 2.05) is 0 Å². The van der Waals surface area contributed by atoms with Crippen LogP contribution in [0.15, 0.2) is 0 Å². The minimum Gasteiger partial charge on any atom is -0.469 e. The summed E-state index contributed by atoms with van der Waals surface area (Å²) in [6.07, 6.45) is 6.49. The summed E-state index contributed by atoms with van der Waals surface area (Å²) < 4.78 is 4.52. The van der Waals surface area contributed by atoms with Gasteiger partial charge < -0.3 is 4.74 Å². The van der Waals surface area contributed by atoms with Gasteiger partial charge >= 0.3 is 5.97 Å². The molecule has 12 heavy (non-hydrogen) atoms. The Bertz CT molecular complexity index is 105. The molecule has 0 unspecified atom stereocenters. The summed E-state index contributed by atoms with van der Waals surface area (Å²) in [6.45, 7) is 2.18. The number of carbonyl (C=O) groups is 1. The summed E-state index contributed by atoms with van der Waals surface area (Å²) >= 11 is 0. The number of methoxy groups -OCH3 is 1. The average Bonchev–Trinajstić information content (AvgIpc) is 2.04. The second-order valence-corrected chi connectivity index (χ2v) is 2.74. The molecule has 0 aromatic rings. The quantitative estimate of drug-likeness (QED) is 0.356. The Morgan fingerprint density at radius 3 is 2.25 bits per heavy atom. The zero-order valence-corrected chi connectivity index (χ0v) is 7.56. The fourth-order valence-corrected chi connectivity index (χ4v) is 0.975. The van der Waals surface area contributed by atoms with Crippen LogP contribution in [0.3, 0.4) is 0 Å². The van der Waals surface area contributed by atoms with Gasteiger partial charge in [-0.25, -0.2) is 0 Å². The van der Waals surface area contributed by atoms with Crippen LogP contribution >= 0.6 is 0 Å². The van der Waals surface area contributed by atoms with Crippen molar-refractivity contribution in [2.75, 3.05) is 7.11 Å². The Kier molecular flexibility index (Phi) is 12.7. The molecule has 2 nitrogen and oxygen atoms in total. The zero-order chi connectivity index (χ0) is 8.53. The molecule has 3 heteroatoms. The number of ether oxygens (including phenoxy) is 1. The van der Waals surface area contributed by atoms with Gasteiger partial charge in [0.2, 0.25) is 0 Å². The number of unbranched alkanes of at least 4 members (excludes halogenated alkanes) is 4. The summed E-state index contributed by atoms with van der Waals surface area (Å²) in [5.74, 6) is -0.0819. The molecule has 0 heterocycles. The Morgan fingerprint density at radius 2 is 1.75 bits per heavy atom. The van der Waals surface area contributed by atoms with Crippen LogP contribution in [0.5, 0.6) is 0 Å². The molecule has 0 spiro atoms. The van der Waals surface area contributed by atoms with Crippen molar-refractivity contribution >= 4 is 16.9 Å². The topological polar surface area (TPSA) is 26.3 Å². The van der Waals surface area contributed by atoms with Gasteiger partial charge in [-0.05, 0) is 17.4 Å². The maximum Gasteiger partial charge on any atom is 0.305 e. The van der Waals surface area contributed by atoms with Gasteiger partial charge in [0.05, 0.1) is 7.11 Å². The maximum atomic E-state index is 10.6. The Morgan fingerprint density at radius 1 is 1.17 bits per heavy atom. The van der Waals surface area contributed by atoms with Crippen LogP contribution in [0.2, 0.25) is 0 Å². The SMILES string of the molecule is CCCCCCCC(=O)OC.[SiH4]. The lowest BCUT2D eigenvalue weighted by atomic mass is 10.1. The van der Waals surface area contributed by atoms with Gasteiger partial charge in [0.25, 0.3) is 0 Å². The molecule has 0 saturated carbocycles. The van der Waals surface area contributed by atoms with E-state index in [0.717, 1.165) is 12.8 Å². The lowest BCUT2D eigenvalue weighted by Crippen LogP contribution is -1.98. The van der Waals surface area contributed by atoms with E-state index >= 15 is 0 Å².